The van der Waals surface area contributed by atoms with Crippen LogP contribution in [-0.2, 0) is 10.3 Å². The Bertz CT molecular complexity index is 688. The van der Waals surface area contributed by atoms with Gasteiger partial charge in [-0.15, -0.1) is 0 Å². The molecule has 5 heteroatoms. The summed E-state index contributed by atoms with van der Waals surface area (Å²) in [5.41, 5.74) is -0.417. The number of rotatable bonds is 1. The van der Waals surface area contributed by atoms with Crippen molar-refractivity contribution in [3.8, 4) is 6.07 Å². The highest BCUT2D eigenvalue weighted by Crippen LogP contribution is 2.45. The van der Waals surface area contributed by atoms with Gasteiger partial charge in [0.2, 0.25) is 0 Å². The van der Waals surface area contributed by atoms with Gasteiger partial charge in [0.05, 0.1) is 17.2 Å². The summed E-state index contributed by atoms with van der Waals surface area (Å²) in [5, 5.41) is 20.8. The van der Waals surface area contributed by atoms with Gasteiger partial charge < -0.3 is 14.7 Å². The Morgan fingerprint density at radius 1 is 1.28 bits per heavy atom. The summed E-state index contributed by atoms with van der Waals surface area (Å²) in [4.78, 5) is 14.5. The fourth-order valence-electron chi connectivity index (χ4n) is 4.25. The van der Waals surface area contributed by atoms with Crippen molar-refractivity contribution in [3.05, 3.63) is 35.4 Å². The largest absolute Gasteiger partial charge is 0.444 e. The molecule has 2 saturated heterocycles. The van der Waals surface area contributed by atoms with Crippen LogP contribution in [0.25, 0.3) is 0 Å². The minimum Gasteiger partial charge on any atom is -0.444 e. The normalized spacial score (nSPS) is 29.0. The molecule has 2 atom stereocenters. The highest BCUT2D eigenvalue weighted by molar-refractivity contribution is 5.69. The maximum Gasteiger partial charge on any atom is 0.410 e. The van der Waals surface area contributed by atoms with E-state index in [0.717, 1.165) is 19.3 Å². The SMILES string of the molecule is CC(C)(C)OC(=O)N1C2CCCC1CC(O)(c1ccccc1C#N)C2. The van der Waals surface area contributed by atoms with Crippen LogP contribution in [0.5, 0.6) is 0 Å². The number of hydrogen-bond acceptors (Lipinski definition) is 4. The molecule has 2 bridgehead atoms. The summed E-state index contributed by atoms with van der Waals surface area (Å²) in [6.45, 7) is 5.60. The molecule has 2 aliphatic rings. The van der Waals surface area contributed by atoms with E-state index in [9.17, 15) is 15.2 Å². The molecule has 5 nitrogen and oxygen atoms in total. The number of aliphatic hydroxyl groups is 1. The average molecular weight is 342 g/mol. The van der Waals surface area contributed by atoms with Gasteiger partial charge in [-0.2, -0.15) is 5.26 Å². The first-order valence-electron chi connectivity index (χ1n) is 8.97. The predicted octanol–water partition coefficient (Wildman–Crippen LogP) is 3.70. The third-order valence-electron chi connectivity index (χ3n) is 5.16. The van der Waals surface area contributed by atoms with Gasteiger partial charge in [-0.1, -0.05) is 18.2 Å². The molecule has 2 fully saturated rings. The van der Waals surface area contributed by atoms with E-state index < -0.39 is 11.2 Å². The van der Waals surface area contributed by atoms with E-state index in [2.05, 4.69) is 6.07 Å². The molecule has 2 unspecified atom stereocenters. The number of nitrogens with zero attached hydrogens (tertiary/aromatic N) is 2. The molecular formula is C20H26N2O3. The van der Waals surface area contributed by atoms with E-state index in [0.29, 0.717) is 24.0 Å². The van der Waals surface area contributed by atoms with Crippen LogP contribution < -0.4 is 0 Å². The Morgan fingerprint density at radius 2 is 1.88 bits per heavy atom. The second kappa shape index (κ2) is 6.34. The van der Waals surface area contributed by atoms with Crippen molar-refractivity contribution in [3.63, 3.8) is 0 Å². The van der Waals surface area contributed by atoms with Crippen molar-refractivity contribution in [2.45, 2.75) is 76.2 Å². The molecule has 0 aromatic heterocycles. The lowest BCUT2D eigenvalue weighted by atomic mass is 9.72. The Kier molecular flexibility index (Phi) is 4.51. The van der Waals surface area contributed by atoms with Crippen LogP contribution in [-0.4, -0.2) is 33.8 Å². The predicted molar refractivity (Wildman–Crippen MR) is 93.8 cm³/mol. The topological polar surface area (TPSA) is 73.6 Å². The number of benzene rings is 1. The molecule has 1 N–H and O–H groups in total. The Morgan fingerprint density at radius 3 is 2.44 bits per heavy atom. The molecular weight excluding hydrogens is 316 g/mol. The summed E-state index contributed by atoms with van der Waals surface area (Å²) < 4.78 is 5.59. The van der Waals surface area contributed by atoms with Crippen molar-refractivity contribution in [1.29, 1.82) is 5.26 Å². The molecule has 1 amide bonds. The van der Waals surface area contributed by atoms with Gasteiger partial charge in [-0.3, -0.25) is 0 Å². The van der Waals surface area contributed by atoms with E-state index in [4.69, 9.17) is 4.74 Å². The van der Waals surface area contributed by atoms with E-state index >= 15 is 0 Å². The van der Waals surface area contributed by atoms with E-state index in [1.807, 2.05) is 43.9 Å². The number of piperidine rings is 2. The van der Waals surface area contributed by atoms with Gasteiger partial charge >= 0.3 is 6.09 Å². The van der Waals surface area contributed by atoms with Crippen LogP contribution in [0, 0.1) is 11.3 Å². The standard InChI is InChI=1S/C20H26N2O3/c1-19(2,3)25-18(23)22-15-8-6-9-16(22)12-20(24,11-15)17-10-5-4-7-14(17)13-21/h4-5,7,10,15-16,24H,6,8-9,11-12H2,1-3H3. The molecule has 0 aliphatic carbocycles. The van der Waals surface area contributed by atoms with Crippen LogP contribution in [0.4, 0.5) is 4.79 Å². The monoisotopic (exact) mass is 342 g/mol. The zero-order valence-electron chi connectivity index (χ0n) is 15.2. The molecule has 0 radical (unpaired) electrons. The minimum absolute atomic E-state index is 0.0564. The zero-order valence-corrected chi connectivity index (χ0v) is 15.2. The molecule has 1 aromatic rings. The average Bonchev–Trinajstić information content (AvgIpc) is 2.52. The van der Waals surface area contributed by atoms with Gasteiger partial charge in [0.1, 0.15) is 5.60 Å². The molecule has 134 valence electrons. The summed E-state index contributed by atoms with van der Waals surface area (Å²) in [6.07, 6.45) is 3.35. The molecule has 0 spiro atoms. The van der Waals surface area contributed by atoms with Gasteiger partial charge in [-0.05, 0) is 46.1 Å². The summed E-state index contributed by atoms with van der Waals surface area (Å²) in [6, 6.07) is 9.30. The highest BCUT2D eigenvalue weighted by Gasteiger charge is 2.49. The molecule has 25 heavy (non-hydrogen) atoms. The fourth-order valence-corrected chi connectivity index (χ4v) is 4.25. The number of ether oxygens (including phenoxy) is 1. The summed E-state index contributed by atoms with van der Waals surface area (Å²) >= 11 is 0. The van der Waals surface area contributed by atoms with Crippen LogP contribution in [0.3, 0.4) is 0 Å². The van der Waals surface area contributed by atoms with Crippen LogP contribution in [0.1, 0.15) is 64.0 Å². The van der Waals surface area contributed by atoms with Gasteiger partial charge in [0, 0.05) is 30.5 Å². The number of fused-ring (bicyclic) bond motifs is 2. The molecule has 2 aliphatic heterocycles. The number of hydrogen-bond donors (Lipinski definition) is 1. The third kappa shape index (κ3) is 3.50. The number of carbonyl (C=O) groups is 1. The number of carbonyl (C=O) groups excluding carboxylic acids is 1. The van der Waals surface area contributed by atoms with Crippen molar-refractivity contribution in [2.24, 2.45) is 0 Å². The molecule has 2 heterocycles. The van der Waals surface area contributed by atoms with Crippen molar-refractivity contribution < 1.29 is 14.6 Å². The van der Waals surface area contributed by atoms with Gasteiger partial charge in [0.15, 0.2) is 0 Å². The molecule has 0 saturated carbocycles. The first-order valence-corrected chi connectivity index (χ1v) is 8.97. The van der Waals surface area contributed by atoms with E-state index in [1.54, 1.807) is 6.07 Å². The highest BCUT2D eigenvalue weighted by atomic mass is 16.6. The van der Waals surface area contributed by atoms with Crippen LogP contribution >= 0.6 is 0 Å². The Labute approximate surface area is 149 Å². The van der Waals surface area contributed by atoms with Gasteiger partial charge in [-0.25, -0.2) is 4.79 Å². The minimum atomic E-state index is -1.07. The van der Waals surface area contributed by atoms with Gasteiger partial charge in [0.25, 0.3) is 0 Å². The zero-order chi connectivity index (χ0) is 18.2. The number of amides is 1. The first-order chi connectivity index (χ1) is 11.7. The van der Waals surface area contributed by atoms with Crippen LogP contribution in [0.2, 0.25) is 0 Å². The maximum atomic E-state index is 12.7. The second-order valence-electron chi connectivity index (χ2n) is 8.22. The maximum absolute atomic E-state index is 12.7. The Hall–Kier alpha value is -2.06. The third-order valence-corrected chi connectivity index (χ3v) is 5.16. The quantitative estimate of drug-likeness (QED) is 0.844. The fraction of sp³-hybridized carbons (Fsp3) is 0.600. The van der Waals surface area contributed by atoms with Crippen molar-refractivity contribution in [1.82, 2.24) is 4.90 Å². The van der Waals surface area contributed by atoms with E-state index in [1.165, 1.54) is 0 Å². The molecule has 3 rings (SSSR count). The second-order valence-corrected chi connectivity index (χ2v) is 8.22. The lowest BCUT2D eigenvalue weighted by Crippen LogP contribution is -2.59. The number of nitriles is 1. The summed E-state index contributed by atoms with van der Waals surface area (Å²) in [7, 11) is 0. The van der Waals surface area contributed by atoms with Crippen LogP contribution in [0.15, 0.2) is 24.3 Å². The first kappa shape index (κ1) is 17.8. The smallest absolute Gasteiger partial charge is 0.410 e. The van der Waals surface area contributed by atoms with Crippen molar-refractivity contribution >= 4 is 6.09 Å². The van der Waals surface area contributed by atoms with E-state index in [-0.39, 0.29) is 18.2 Å². The molecule has 1 aromatic carbocycles. The lowest BCUT2D eigenvalue weighted by Gasteiger charge is -2.52. The van der Waals surface area contributed by atoms with Crippen molar-refractivity contribution in [2.75, 3.05) is 0 Å². The Balaban J connectivity index is 1.89. The lowest BCUT2D eigenvalue weighted by molar-refractivity contribution is -0.0966. The summed E-state index contributed by atoms with van der Waals surface area (Å²) in [5.74, 6) is 0.